The highest BCUT2D eigenvalue weighted by molar-refractivity contribution is 7.89. The van der Waals surface area contributed by atoms with Crippen LogP contribution in [0.3, 0.4) is 0 Å². The summed E-state index contributed by atoms with van der Waals surface area (Å²) < 4.78 is 54.5. The number of aryl methyl sites for hydroxylation is 2. The highest BCUT2D eigenvalue weighted by atomic mass is 32.2. The fourth-order valence-electron chi connectivity index (χ4n) is 1.89. The lowest BCUT2D eigenvalue weighted by molar-refractivity contribution is 0.457. The Labute approximate surface area is 121 Å². The van der Waals surface area contributed by atoms with Crippen LogP contribution in [-0.4, -0.2) is 29.6 Å². The van der Waals surface area contributed by atoms with Crippen molar-refractivity contribution >= 4 is 10.0 Å². The molecule has 2 rings (SSSR count). The number of hydrogen-bond donors (Lipinski definition) is 0. The lowest BCUT2D eigenvalue weighted by atomic mass is 10.2. The van der Waals surface area contributed by atoms with Crippen LogP contribution in [0.25, 0.3) is 0 Å². The van der Waals surface area contributed by atoms with E-state index in [1.165, 1.54) is 24.9 Å². The summed E-state index contributed by atoms with van der Waals surface area (Å²) in [6.07, 6.45) is 3.16. The lowest BCUT2D eigenvalue weighted by Crippen LogP contribution is -2.27. The molecule has 0 radical (unpaired) electrons. The van der Waals surface area contributed by atoms with Gasteiger partial charge in [0.25, 0.3) is 0 Å². The van der Waals surface area contributed by atoms with Crippen LogP contribution >= 0.6 is 0 Å². The van der Waals surface area contributed by atoms with E-state index in [0.717, 1.165) is 10.4 Å². The number of aromatic nitrogens is 2. The van der Waals surface area contributed by atoms with Crippen molar-refractivity contribution in [1.82, 2.24) is 14.1 Å². The first kappa shape index (κ1) is 15.6. The summed E-state index contributed by atoms with van der Waals surface area (Å²) in [5.41, 5.74) is 0.706. The number of sulfonamides is 1. The summed E-state index contributed by atoms with van der Waals surface area (Å²) in [6.45, 7) is 1.39. The fraction of sp³-hybridized carbons (Fsp3) is 0.308. The smallest absolute Gasteiger partial charge is 0.246 e. The van der Waals surface area contributed by atoms with Gasteiger partial charge in [0.15, 0.2) is 0 Å². The summed E-state index contributed by atoms with van der Waals surface area (Å²) in [5.74, 6) is -1.73. The minimum Gasteiger partial charge on any atom is -0.275 e. The van der Waals surface area contributed by atoms with Gasteiger partial charge in [-0.2, -0.15) is 9.40 Å². The van der Waals surface area contributed by atoms with Gasteiger partial charge in [0.1, 0.15) is 16.5 Å². The number of hydrogen-bond acceptors (Lipinski definition) is 3. The quantitative estimate of drug-likeness (QED) is 0.865. The first-order chi connectivity index (χ1) is 9.71. The highest BCUT2D eigenvalue weighted by Crippen LogP contribution is 2.22. The van der Waals surface area contributed by atoms with Crippen LogP contribution in [0.4, 0.5) is 8.78 Å². The van der Waals surface area contributed by atoms with Gasteiger partial charge in [-0.15, -0.1) is 0 Å². The minimum absolute atomic E-state index is 0.0190. The Morgan fingerprint density at radius 3 is 2.52 bits per heavy atom. The molecular formula is C13H15F2N3O2S. The average molecular weight is 315 g/mol. The molecule has 0 saturated heterocycles. The average Bonchev–Trinajstić information content (AvgIpc) is 2.79. The summed E-state index contributed by atoms with van der Waals surface area (Å²) >= 11 is 0. The zero-order valence-electron chi connectivity index (χ0n) is 11.8. The molecule has 0 aliphatic rings. The molecule has 0 aliphatic carbocycles. The van der Waals surface area contributed by atoms with Crippen LogP contribution in [0, 0.1) is 18.6 Å². The molecule has 0 spiro atoms. The predicted octanol–water partition coefficient (Wildman–Crippen LogP) is 1.83. The van der Waals surface area contributed by atoms with Crippen molar-refractivity contribution in [1.29, 1.82) is 0 Å². The maximum atomic E-state index is 13.8. The van der Waals surface area contributed by atoms with E-state index >= 15 is 0 Å². The molecule has 0 aliphatic heterocycles. The van der Waals surface area contributed by atoms with Crippen molar-refractivity contribution in [3.05, 3.63) is 47.3 Å². The lowest BCUT2D eigenvalue weighted by Gasteiger charge is -2.17. The third kappa shape index (κ3) is 3.11. The van der Waals surface area contributed by atoms with Gasteiger partial charge in [0.05, 0.1) is 6.20 Å². The number of halogens is 2. The molecule has 1 aromatic carbocycles. The Kier molecular flexibility index (Phi) is 4.11. The first-order valence-corrected chi connectivity index (χ1v) is 7.55. The predicted molar refractivity (Wildman–Crippen MR) is 73.0 cm³/mol. The zero-order valence-corrected chi connectivity index (χ0v) is 12.7. The molecule has 0 saturated carbocycles. The molecule has 0 fully saturated rings. The Bertz CT molecular complexity index is 772. The molecular weight excluding hydrogens is 300 g/mol. The van der Waals surface area contributed by atoms with Crippen LogP contribution < -0.4 is 0 Å². The minimum atomic E-state index is -4.12. The monoisotopic (exact) mass is 315 g/mol. The normalized spacial score (nSPS) is 12.1. The second-order valence-electron chi connectivity index (χ2n) is 4.82. The van der Waals surface area contributed by atoms with Crippen molar-refractivity contribution in [2.45, 2.75) is 18.4 Å². The maximum Gasteiger partial charge on any atom is 0.246 e. The molecule has 0 unspecified atom stereocenters. The highest BCUT2D eigenvalue weighted by Gasteiger charge is 2.26. The fourth-order valence-corrected chi connectivity index (χ4v) is 3.10. The number of nitrogens with zero attached hydrogens (tertiary/aromatic N) is 3. The molecule has 0 N–H and O–H groups in total. The third-order valence-electron chi connectivity index (χ3n) is 3.06. The van der Waals surface area contributed by atoms with Gasteiger partial charge in [0, 0.05) is 32.4 Å². The summed E-state index contributed by atoms with van der Waals surface area (Å²) in [5, 5.41) is 3.93. The van der Waals surface area contributed by atoms with Crippen molar-refractivity contribution in [3.8, 4) is 0 Å². The summed E-state index contributed by atoms with van der Waals surface area (Å²) in [6, 6.07) is 1.58. The van der Waals surface area contributed by atoms with Gasteiger partial charge < -0.3 is 0 Å². The van der Waals surface area contributed by atoms with E-state index in [2.05, 4.69) is 5.10 Å². The van der Waals surface area contributed by atoms with E-state index in [1.807, 2.05) is 0 Å². The van der Waals surface area contributed by atoms with Crippen LogP contribution in [0.2, 0.25) is 0 Å². The molecule has 21 heavy (non-hydrogen) atoms. The molecule has 1 aromatic heterocycles. The van der Waals surface area contributed by atoms with Crippen molar-refractivity contribution in [2.24, 2.45) is 7.05 Å². The Balaban J connectivity index is 2.35. The Morgan fingerprint density at radius 1 is 1.29 bits per heavy atom. The Morgan fingerprint density at radius 2 is 1.95 bits per heavy atom. The molecule has 1 heterocycles. The van der Waals surface area contributed by atoms with E-state index in [1.54, 1.807) is 13.2 Å². The van der Waals surface area contributed by atoms with Gasteiger partial charge in [0.2, 0.25) is 10.0 Å². The topological polar surface area (TPSA) is 55.2 Å². The second kappa shape index (κ2) is 5.53. The molecule has 8 heteroatoms. The van der Waals surface area contributed by atoms with Crippen molar-refractivity contribution < 1.29 is 17.2 Å². The largest absolute Gasteiger partial charge is 0.275 e. The van der Waals surface area contributed by atoms with E-state index in [0.29, 0.717) is 11.6 Å². The molecule has 0 bridgehead atoms. The van der Waals surface area contributed by atoms with Gasteiger partial charge in [-0.3, -0.25) is 4.68 Å². The van der Waals surface area contributed by atoms with Gasteiger partial charge in [-0.1, -0.05) is 0 Å². The molecule has 114 valence electrons. The second-order valence-corrected chi connectivity index (χ2v) is 6.83. The third-order valence-corrected chi connectivity index (χ3v) is 4.88. The van der Waals surface area contributed by atoms with E-state index in [-0.39, 0.29) is 12.1 Å². The molecule has 2 aromatic rings. The molecule has 5 nitrogen and oxygen atoms in total. The van der Waals surface area contributed by atoms with Gasteiger partial charge in [-0.25, -0.2) is 17.2 Å². The zero-order chi connectivity index (χ0) is 15.8. The maximum absolute atomic E-state index is 13.8. The van der Waals surface area contributed by atoms with Gasteiger partial charge in [-0.05, 0) is 24.6 Å². The van der Waals surface area contributed by atoms with Crippen LogP contribution in [0.5, 0.6) is 0 Å². The van der Waals surface area contributed by atoms with Gasteiger partial charge >= 0.3 is 0 Å². The van der Waals surface area contributed by atoms with E-state index < -0.39 is 26.6 Å². The van der Waals surface area contributed by atoms with Crippen LogP contribution in [-0.2, 0) is 23.6 Å². The van der Waals surface area contributed by atoms with Crippen molar-refractivity contribution in [3.63, 3.8) is 0 Å². The summed E-state index contributed by atoms with van der Waals surface area (Å²) in [4.78, 5) is -0.669. The van der Waals surface area contributed by atoms with E-state index in [9.17, 15) is 17.2 Å². The first-order valence-electron chi connectivity index (χ1n) is 6.11. The standard InChI is InChI=1S/C13H15F2N3O2S/c1-9-4-12(15)13(5-11(9)14)21(19,20)18(3)8-10-6-16-17(2)7-10/h4-7H,8H2,1-3H3. The van der Waals surface area contributed by atoms with E-state index in [4.69, 9.17) is 0 Å². The SMILES string of the molecule is Cc1cc(F)c(S(=O)(=O)N(C)Cc2cnn(C)c2)cc1F. The molecule has 0 atom stereocenters. The Hall–Kier alpha value is -1.80. The number of rotatable bonds is 4. The van der Waals surface area contributed by atoms with Crippen molar-refractivity contribution in [2.75, 3.05) is 7.05 Å². The van der Waals surface area contributed by atoms with Crippen LogP contribution in [0.15, 0.2) is 29.4 Å². The van der Waals surface area contributed by atoms with Crippen LogP contribution in [0.1, 0.15) is 11.1 Å². The summed E-state index contributed by atoms with van der Waals surface area (Å²) in [7, 11) is -1.11. The number of benzene rings is 1. The molecule has 0 amide bonds.